The predicted molar refractivity (Wildman–Crippen MR) is 124 cm³/mol. The largest absolute Gasteiger partial charge is 0.357 e. The molecule has 0 aliphatic carbocycles. The van der Waals surface area contributed by atoms with Crippen LogP contribution < -0.4 is 15.5 Å². The van der Waals surface area contributed by atoms with E-state index >= 15 is 0 Å². The third kappa shape index (κ3) is 7.01. The number of piperidine rings is 1. The van der Waals surface area contributed by atoms with Gasteiger partial charge in [0.05, 0.1) is 18.8 Å². The molecule has 1 fully saturated rings. The predicted octanol–water partition coefficient (Wildman–Crippen LogP) is 3.45. The highest BCUT2D eigenvalue weighted by Crippen LogP contribution is 2.17. The van der Waals surface area contributed by atoms with Gasteiger partial charge in [-0.1, -0.05) is 30.7 Å². The standard InChI is InChI=1S/C22H34N6S/c1-4-23-21(25-15-20-17-29-22(26-20)27(2)3)24-14-18-8-10-19(11-9-18)16-28-12-6-5-7-13-28/h8-11,17H,4-7,12-16H2,1-3H3,(H2,23,24,25). The van der Waals surface area contributed by atoms with Gasteiger partial charge in [0, 0.05) is 32.6 Å². The minimum absolute atomic E-state index is 0.666. The Labute approximate surface area is 179 Å². The zero-order chi connectivity index (χ0) is 20.5. The number of nitrogens with zero attached hydrogens (tertiary/aromatic N) is 4. The van der Waals surface area contributed by atoms with Gasteiger partial charge >= 0.3 is 0 Å². The molecule has 1 aromatic heterocycles. The number of likely N-dealkylation sites (tertiary alicyclic amines) is 1. The van der Waals surface area contributed by atoms with Crippen LogP contribution in [-0.4, -0.2) is 49.6 Å². The molecule has 0 radical (unpaired) electrons. The quantitative estimate of drug-likeness (QED) is 0.512. The molecule has 0 amide bonds. The second kappa shape index (κ2) is 11.2. The van der Waals surface area contributed by atoms with Crippen molar-refractivity contribution in [1.29, 1.82) is 0 Å². The Morgan fingerprint density at radius 3 is 2.48 bits per heavy atom. The molecule has 29 heavy (non-hydrogen) atoms. The molecule has 0 atom stereocenters. The number of nitrogens with one attached hydrogen (secondary N) is 2. The Balaban J connectivity index is 1.51. The molecule has 1 saturated heterocycles. The third-order valence-corrected chi connectivity index (χ3v) is 6.06. The number of guanidine groups is 1. The maximum Gasteiger partial charge on any atom is 0.191 e. The van der Waals surface area contributed by atoms with E-state index in [2.05, 4.69) is 57.1 Å². The number of aromatic nitrogens is 1. The van der Waals surface area contributed by atoms with E-state index in [0.717, 1.165) is 29.9 Å². The van der Waals surface area contributed by atoms with Crippen LogP contribution in [0.3, 0.4) is 0 Å². The highest BCUT2D eigenvalue weighted by atomic mass is 32.1. The average Bonchev–Trinajstić information content (AvgIpc) is 3.21. The maximum atomic E-state index is 4.74. The number of aliphatic imine (C=N–C) groups is 1. The first-order valence-corrected chi connectivity index (χ1v) is 11.5. The lowest BCUT2D eigenvalue weighted by Crippen LogP contribution is -2.36. The lowest BCUT2D eigenvalue weighted by Gasteiger charge is -2.26. The normalized spacial score (nSPS) is 15.3. The van der Waals surface area contributed by atoms with Gasteiger partial charge in [-0.15, -0.1) is 11.3 Å². The van der Waals surface area contributed by atoms with Gasteiger partial charge in [0.1, 0.15) is 0 Å². The van der Waals surface area contributed by atoms with Crippen molar-refractivity contribution < 1.29 is 0 Å². The Kier molecular flexibility index (Phi) is 8.31. The van der Waals surface area contributed by atoms with Gasteiger partial charge in [0.15, 0.2) is 11.1 Å². The second-order valence-electron chi connectivity index (χ2n) is 7.72. The van der Waals surface area contributed by atoms with E-state index in [1.165, 1.54) is 43.5 Å². The number of anilines is 1. The molecule has 1 aromatic carbocycles. The van der Waals surface area contributed by atoms with Crippen LogP contribution in [0, 0.1) is 0 Å². The summed E-state index contributed by atoms with van der Waals surface area (Å²) in [7, 11) is 4.03. The summed E-state index contributed by atoms with van der Waals surface area (Å²) in [4.78, 5) is 13.9. The third-order valence-electron chi connectivity index (χ3n) is 5.00. The minimum Gasteiger partial charge on any atom is -0.357 e. The van der Waals surface area contributed by atoms with Gasteiger partial charge in [0.25, 0.3) is 0 Å². The van der Waals surface area contributed by atoms with Crippen LogP contribution in [0.5, 0.6) is 0 Å². The molecule has 0 bridgehead atoms. The Morgan fingerprint density at radius 2 is 1.83 bits per heavy atom. The number of thiazole rings is 1. The molecule has 7 heteroatoms. The Hall–Kier alpha value is -2.12. The summed E-state index contributed by atoms with van der Waals surface area (Å²) in [5.74, 6) is 0.823. The Bertz CT molecular complexity index is 762. The summed E-state index contributed by atoms with van der Waals surface area (Å²) in [6, 6.07) is 8.90. The van der Waals surface area contributed by atoms with Crippen LogP contribution in [-0.2, 0) is 19.6 Å². The van der Waals surface area contributed by atoms with Gasteiger partial charge < -0.3 is 15.5 Å². The van der Waals surface area contributed by atoms with Gasteiger partial charge in [-0.2, -0.15) is 0 Å². The van der Waals surface area contributed by atoms with Crippen molar-refractivity contribution in [3.05, 3.63) is 46.5 Å². The first-order valence-electron chi connectivity index (χ1n) is 10.6. The molecular formula is C22H34N6S. The van der Waals surface area contributed by atoms with Crippen LogP contribution >= 0.6 is 11.3 Å². The fraction of sp³-hybridized carbons (Fsp3) is 0.545. The van der Waals surface area contributed by atoms with E-state index in [9.17, 15) is 0 Å². The van der Waals surface area contributed by atoms with Gasteiger partial charge in [0.2, 0.25) is 0 Å². The van der Waals surface area contributed by atoms with Crippen molar-refractivity contribution >= 4 is 22.4 Å². The molecule has 2 heterocycles. The van der Waals surface area contributed by atoms with Crippen LogP contribution in [0.15, 0.2) is 34.6 Å². The molecule has 1 aliphatic rings. The van der Waals surface area contributed by atoms with Crippen LogP contribution in [0.4, 0.5) is 5.13 Å². The number of hydrogen-bond donors (Lipinski definition) is 2. The highest BCUT2D eigenvalue weighted by Gasteiger charge is 2.10. The van der Waals surface area contributed by atoms with Crippen molar-refractivity contribution in [2.75, 3.05) is 38.6 Å². The Morgan fingerprint density at radius 1 is 1.10 bits per heavy atom. The van der Waals surface area contributed by atoms with Crippen molar-refractivity contribution in [1.82, 2.24) is 20.5 Å². The number of benzene rings is 1. The molecule has 0 spiro atoms. The zero-order valence-corrected chi connectivity index (χ0v) is 18.8. The van der Waals surface area contributed by atoms with Gasteiger partial charge in [-0.25, -0.2) is 9.98 Å². The van der Waals surface area contributed by atoms with Crippen LogP contribution in [0.2, 0.25) is 0 Å². The van der Waals surface area contributed by atoms with E-state index in [-0.39, 0.29) is 0 Å². The van der Waals surface area contributed by atoms with Crippen molar-refractivity contribution in [2.24, 2.45) is 4.99 Å². The molecular weight excluding hydrogens is 380 g/mol. The smallest absolute Gasteiger partial charge is 0.191 e. The topological polar surface area (TPSA) is 55.8 Å². The first kappa shape index (κ1) is 21.6. The fourth-order valence-corrected chi connectivity index (χ4v) is 4.15. The van der Waals surface area contributed by atoms with Crippen LogP contribution in [0.25, 0.3) is 0 Å². The summed E-state index contributed by atoms with van der Waals surface area (Å²) < 4.78 is 0. The van der Waals surface area contributed by atoms with E-state index in [1.54, 1.807) is 11.3 Å². The SMILES string of the molecule is CCNC(=NCc1ccc(CN2CCCCC2)cc1)NCc1csc(N(C)C)n1. The number of rotatable bonds is 8. The first-order chi connectivity index (χ1) is 14.1. The van der Waals surface area contributed by atoms with Crippen molar-refractivity contribution in [3.63, 3.8) is 0 Å². The maximum absolute atomic E-state index is 4.74. The summed E-state index contributed by atoms with van der Waals surface area (Å²) in [5, 5.41) is 9.81. The summed E-state index contributed by atoms with van der Waals surface area (Å²) in [6.45, 7) is 7.79. The average molecular weight is 415 g/mol. The van der Waals surface area contributed by atoms with Crippen molar-refractivity contribution in [3.8, 4) is 0 Å². The van der Waals surface area contributed by atoms with E-state index < -0.39 is 0 Å². The molecule has 1 aliphatic heterocycles. The molecule has 158 valence electrons. The molecule has 0 unspecified atom stereocenters. The lowest BCUT2D eigenvalue weighted by molar-refractivity contribution is 0.221. The van der Waals surface area contributed by atoms with E-state index in [1.807, 2.05) is 19.0 Å². The molecule has 3 rings (SSSR count). The monoisotopic (exact) mass is 414 g/mol. The van der Waals surface area contributed by atoms with Crippen molar-refractivity contribution in [2.45, 2.75) is 45.8 Å². The van der Waals surface area contributed by atoms with E-state index in [0.29, 0.717) is 13.1 Å². The summed E-state index contributed by atoms with van der Waals surface area (Å²) in [5.41, 5.74) is 3.66. The fourth-order valence-electron chi connectivity index (χ4n) is 3.40. The minimum atomic E-state index is 0.666. The van der Waals surface area contributed by atoms with E-state index in [4.69, 9.17) is 4.99 Å². The number of hydrogen-bond acceptors (Lipinski definition) is 5. The lowest BCUT2D eigenvalue weighted by atomic mass is 10.1. The zero-order valence-electron chi connectivity index (χ0n) is 17.9. The van der Waals surface area contributed by atoms with Crippen LogP contribution in [0.1, 0.15) is 43.0 Å². The second-order valence-corrected chi connectivity index (χ2v) is 8.55. The molecule has 2 aromatic rings. The highest BCUT2D eigenvalue weighted by molar-refractivity contribution is 7.13. The van der Waals surface area contributed by atoms with Gasteiger partial charge in [-0.3, -0.25) is 4.90 Å². The van der Waals surface area contributed by atoms with Gasteiger partial charge in [-0.05, 0) is 44.0 Å². The summed E-state index contributed by atoms with van der Waals surface area (Å²) in [6.07, 6.45) is 4.06. The molecule has 2 N–H and O–H groups in total. The molecule has 0 saturated carbocycles. The molecule has 6 nitrogen and oxygen atoms in total. The summed E-state index contributed by atoms with van der Waals surface area (Å²) >= 11 is 1.66.